The van der Waals surface area contributed by atoms with Gasteiger partial charge in [0.25, 0.3) is 0 Å². The molecule has 0 aliphatic carbocycles. The van der Waals surface area contributed by atoms with Crippen molar-refractivity contribution in [2.24, 2.45) is 0 Å². The lowest BCUT2D eigenvalue weighted by Gasteiger charge is -2.15. The molecule has 0 radical (unpaired) electrons. The summed E-state index contributed by atoms with van der Waals surface area (Å²) in [5.74, 6) is 1.24. The van der Waals surface area contributed by atoms with Gasteiger partial charge in [0.15, 0.2) is 17.7 Å². The SMILES string of the molecule is COc1ccccc1CNC1OC(=O)c2c1ccc(OC)c2OC. The molecule has 1 heterocycles. The van der Waals surface area contributed by atoms with Crippen LogP contribution in [0.15, 0.2) is 36.4 Å². The second kappa shape index (κ2) is 6.80. The highest BCUT2D eigenvalue weighted by Gasteiger charge is 2.35. The van der Waals surface area contributed by atoms with Gasteiger partial charge >= 0.3 is 5.97 Å². The third-order valence-electron chi connectivity index (χ3n) is 3.96. The van der Waals surface area contributed by atoms with E-state index in [4.69, 9.17) is 18.9 Å². The number of cyclic esters (lactones) is 1. The van der Waals surface area contributed by atoms with Gasteiger partial charge in [0.05, 0.1) is 21.3 Å². The fraction of sp³-hybridized carbons (Fsp3) is 0.278. The van der Waals surface area contributed by atoms with Crippen LogP contribution in [0.5, 0.6) is 17.2 Å². The molecule has 1 atom stereocenters. The summed E-state index contributed by atoms with van der Waals surface area (Å²) in [7, 11) is 4.66. The summed E-state index contributed by atoms with van der Waals surface area (Å²) in [6, 6.07) is 11.3. The van der Waals surface area contributed by atoms with E-state index in [1.807, 2.05) is 30.3 Å². The molecule has 2 aromatic rings. The average Bonchev–Trinajstić information content (AvgIpc) is 2.95. The fourth-order valence-corrected chi connectivity index (χ4v) is 2.80. The minimum atomic E-state index is -0.544. The molecule has 126 valence electrons. The van der Waals surface area contributed by atoms with Crippen molar-refractivity contribution in [3.8, 4) is 17.2 Å². The van der Waals surface area contributed by atoms with Gasteiger partial charge in [-0.05, 0) is 18.2 Å². The van der Waals surface area contributed by atoms with Crippen LogP contribution in [-0.2, 0) is 11.3 Å². The molecule has 24 heavy (non-hydrogen) atoms. The zero-order valence-electron chi connectivity index (χ0n) is 13.8. The van der Waals surface area contributed by atoms with E-state index in [-0.39, 0.29) is 0 Å². The molecule has 0 bridgehead atoms. The van der Waals surface area contributed by atoms with Crippen molar-refractivity contribution in [3.63, 3.8) is 0 Å². The van der Waals surface area contributed by atoms with Gasteiger partial charge in [-0.3, -0.25) is 5.32 Å². The Morgan fingerprint density at radius 1 is 1.00 bits per heavy atom. The predicted molar refractivity (Wildman–Crippen MR) is 87.5 cm³/mol. The largest absolute Gasteiger partial charge is 0.496 e. The Bertz CT molecular complexity index is 759. The minimum Gasteiger partial charge on any atom is -0.496 e. The third-order valence-corrected chi connectivity index (χ3v) is 3.96. The smallest absolute Gasteiger partial charge is 0.344 e. The number of hydrogen-bond acceptors (Lipinski definition) is 6. The van der Waals surface area contributed by atoms with Crippen LogP contribution >= 0.6 is 0 Å². The van der Waals surface area contributed by atoms with Crippen molar-refractivity contribution in [2.75, 3.05) is 21.3 Å². The third kappa shape index (κ3) is 2.76. The maximum atomic E-state index is 12.2. The zero-order chi connectivity index (χ0) is 17.1. The molecule has 3 rings (SSSR count). The Morgan fingerprint density at radius 3 is 2.46 bits per heavy atom. The Hall–Kier alpha value is -2.73. The predicted octanol–water partition coefficient (Wildman–Crippen LogP) is 2.67. The molecule has 0 saturated carbocycles. The highest BCUT2D eigenvalue weighted by atomic mass is 16.6. The van der Waals surface area contributed by atoms with Gasteiger partial charge in [0.1, 0.15) is 11.3 Å². The summed E-state index contributed by atoms with van der Waals surface area (Å²) in [5.41, 5.74) is 2.10. The number of hydrogen-bond donors (Lipinski definition) is 1. The van der Waals surface area contributed by atoms with Crippen LogP contribution in [-0.4, -0.2) is 27.3 Å². The van der Waals surface area contributed by atoms with Gasteiger partial charge in [0, 0.05) is 17.7 Å². The summed E-state index contributed by atoms with van der Waals surface area (Å²) in [6.07, 6.45) is -0.544. The summed E-state index contributed by atoms with van der Waals surface area (Å²) in [4.78, 5) is 12.2. The molecular formula is C18H19NO5. The van der Waals surface area contributed by atoms with Gasteiger partial charge in [0.2, 0.25) is 0 Å². The Balaban J connectivity index is 1.85. The monoisotopic (exact) mass is 329 g/mol. The number of carbonyl (C=O) groups is 1. The summed E-state index contributed by atoms with van der Waals surface area (Å²) >= 11 is 0. The van der Waals surface area contributed by atoms with Crippen molar-refractivity contribution in [1.29, 1.82) is 0 Å². The van der Waals surface area contributed by atoms with Crippen LogP contribution in [0.1, 0.15) is 27.7 Å². The zero-order valence-corrected chi connectivity index (χ0v) is 13.8. The van der Waals surface area contributed by atoms with Gasteiger partial charge in [-0.25, -0.2) is 4.79 Å². The molecule has 1 aliphatic rings. The van der Waals surface area contributed by atoms with E-state index in [1.54, 1.807) is 13.2 Å². The van der Waals surface area contributed by atoms with Crippen molar-refractivity contribution in [2.45, 2.75) is 12.8 Å². The molecule has 6 heteroatoms. The number of ether oxygens (including phenoxy) is 4. The molecule has 0 saturated heterocycles. The second-order valence-electron chi connectivity index (χ2n) is 5.24. The number of esters is 1. The molecule has 0 fully saturated rings. The quantitative estimate of drug-likeness (QED) is 0.822. The van der Waals surface area contributed by atoms with Crippen molar-refractivity contribution in [3.05, 3.63) is 53.1 Å². The summed E-state index contributed by atoms with van der Waals surface area (Å²) < 4.78 is 21.3. The number of para-hydroxylation sites is 1. The van der Waals surface area contributed by atoms with Crippen LogP contribution < -0.4 is 19.5 Å². The van der Waals surface area contributed by atoms with E-state index in [0.29, 0.717) is 23.6 Å². The Morgan fingerprint density at radius 2 is 1.75 bits per heavy atom. The maximum Gasteiger partial charge on any atom is 0.344 e. The molecule has 2 aromatic carbocycles. The lowest BCUT2D eigenvalue weighted by atomic mass is 10.1. The van der Waals surface area contributed by atoms with Crippen molar-refractivity contribution >= 4 is 5.97 Å². The highest BCUT2D eigenvalue weighted by molar-refractivity contribution is 5.98. The van der Waals surface area contributed by atoms with Gasteiger partial charge in [-0.1, -0.05) is 18.2 Å². The van der Waals surface area contributed by atoms with E-state index in [0.717, 1.165) is 16.9 Å². The first-order valence-electron chi connectivity index (χ1n) is 7.50. The number of carbonyl (C=O) groups excluding carboxylic acids is 1. The average molecular weight is 329 g/mol. The number of benzene rings is 2. The first kappa shape index (κ1) is 16.1. The molecule has 1 aliphatic heterocycles. The molecule has 0 aromatic heterocycles. The Labute approximate surface area is 140 Å². The second-order valence-corrected chi connectivity index (χ2v) is 5.24. The van der Waals surface area contributed by atoms with Crippen molar-refractivity contribution < 1.29 is 23.7 Å². The van der Waals surface area contributed by atoms with Crippen LogP contribution in [0, 0.1) is 0 Å². The fourth-order valence-electron chi connectivity index (χ4n) is 2.80. The van der Waals surface area contributed by atoms with Crippen LogP contribution in [0.4, 0.5) is 0 Å². The van der Waals surface area contributed by atoms with E-state index in [1.165, 1.54) is 14.2 Å². The van der Waals surface area contributed by atoms with Crippen LogP contribution in [0.3, 0.4) is 0 Å². The molecule has 1 N–H and O–H groups in total. The standard InChI is InChI=1S/C18H19NO5/c1-21-13-7-5-4-6-11(13)10-19-17-12-8-9-14(22-2)16(23-3)15(12)18(20)24-17/h4-9,17,19H,10H2,1-3H3. The minimum absolute atomic E-state index is 0.390. The van der Waals surface area contributed by atoms with E-state index in [9.17, 15) is 4.79 Å². The molecule has 0 spiro atoms. The number of rotatable bonds is 6. The first-order chi connectivity index (χ1) is 11.7. The number of fused-ring (bicyclic) bond motifs is 1. The summed E-state index contributed by atoms with van der Waals surface area (Å²) in [5, 5.41) is 3.23. The van der Waals surface area contributed by atoms with E-state index in [2.05, 4.69) is 5.32 Å². The van der Waals surface area contributed by atoms with Crippen LogP contribution in [0.25, 0.3) is 0 Å². The normalized spacial score (nSPS) is 15.6. The van der Waals surface area contributed by atoms with E-state index >= 15 is 0 Å². The Kier molecular flexibility index (Phi) is 4.57. The van der Waals surface area contributed by atoms with Gasteiger partial charge in [-0.15, -0.1) is 0 Å². The number of nitrogens with one attached hydrogen (secondary N) is 1. The highest BCUT2D eigenvalue weighted by Crippen LogP contribution is 2.41. The molecule has 6 nitrogen and oxygen atoms in total. The van der Waals surface area contributed by atoms with Crippen LogP contribution in [0.2, 0.25) is 0 Å². The van der Waals surface area contributed by atoms with E-state index < -0.39 is 12.2 Å². The van der Waals surface area contributed by atoms with Gasteiger partial charge in [-0.2, -0.15) is 0 Å². The summed E-state index contributed by atoms with van der Waals surface area (Å²) in [6.45, 7) is 0.496. The molecular weight excluding hydrogens is 310 g/mol. The lowest BCUT2D eigenvalue weighted by molar-refractivity contribution is 0.0302. The first-order valence-corrected chi connectivity index (χ1v) is 7.50. The number of methoxy groups -OCH3 is 3. The topological polar surface area (TPSA) is 66.0 Å². The van der Waals surface area contributed by atoms with Crippen molar-refractivity contribution in [1.82, 2.24) is 5.32 Å². The van der Waals surface area contributed by atoms with Gasteiger partial charge < -0.3 is 18.9 Å². The molecule has 0 amide bonds. The maximum absolute atomic E-state index is 12.2. The lowest BCUT2D eigenvalue weighted by Crippen LogP contribution is -2.21. The molecule has 1 unspecified atom stereocenters.